The Morgan fingerprint density at radius 2 is 1.91 bits per heavy atom. The van der Waals surface area contributed by atoms with Crippen molar-refractivity contribution in [1.29, 1.82) is 0 Å². The second-order valence-corrected chi connectivity index (χ2v) is 8.92. The number of hydrogen-bond acceptors (Lipinski definition) is 2. The van der Waals surface area contributed by atoms with Crippen molar-refractivity contribution in [3.05, 3.63) is 23.3 Å². The molecule has 6 atom stereocenters. The minimum Gasteiger partial charge on any atom is -0.389 e. The Morgan fingerprint density at radius 3 is 2.65 bits per heavy atom. The molecular formula is C21H30O2. The fourth-order valence-electron chi connectivity index (χ4n) is 6.94. The highest BCUT2D eigenvalue weighted by Crippen LogP contribution is 2.66. The highest BCUT2D eigenvalue weighted by atomic mass is 16.3. The molecule has 4 aliphatic carbocycles. The molecule has 4 rings (SSSR count). The Balaban J connectivity index is 1.71. The van der Waals surface area contributed by atoms with Crippen molar-refractivity contribution in [3.63, 3.8) is 0 Å². The third-order valence-electron chi connectivity index (χ3n) is 8.16. The molecule has 0 saturated heterocycles. The van der Waals surface area contributed by atoms with Crippen LogP contribution in [0.15, 0.2) is 23.3 Å². The largest absolute Gasteiger partial charge is 0.389 e. The van der Waals surface area contributed by atoms with E-state index in [-0.39, 0.29) is 16.9 Å². The van der Waals surface area contributed by atoms with Crippen LogP contribution >= 0.6 is 0 Å². The van der Waals surface area contributed by atoms with Crippen LogP contribution in [0.25, 0.3) is 0 Å². The van der Waals surface area contributed by atoms with E-state index >= 15 is 0 Å². The molecule has 23 heavy (non-hydrogen) atoms. The Labute approximate surface area is 140 Å². The summed E-state index contributed by atoms with van der Waals surface area (Å²) >= 11 is 0. The number of aliphatic hydroxyl groups is 1. The molecule has 0 spiro atoms. The van der Waals surface area contributed by atoms with Crippen molar-refractivity contribution in [2.24, 2.45) is 28.6 Å². The van der Waals surface area contributed by atoms with Gasteiger partial charge in [0, 0.05) is 6.42 Å². The highest BCUT2D eigenvalue weighted by Gasteiger charge is 2.59. The lowest BCUT2D eigenvalue weighted by atomic mass is 9.47. The van der Waals surface area contributed by atoms with Gasteiger partial charge in [0.15, 0.2) is 5.78 Å². The summed E-state index contributed by atoms with van der Waals surface area (Å²) < 4.78 is 0. The van der Waals surface area contributed by atoms with Gasteiger partial charge < -0.3 is 5.11 Å². The normalized spacial score (nSPS) is 51.0. The molecule has 4 aliphatic rings. The van der Waals surface area contributed by atoms with Gasteiger partial charge in [-0.1, -0.05) is 25.5 Å². The number of fused-ring (bicyclic) bond motifs is 5. The quantitative estimate of drug-likeness (QED) is 0.671. The summed E-state index contributed by atoms with van der Waals surface area (Å²) in [5.41, 5.74) is 3.17. The number of allylic oxidation sites excluding steroid dienone is 2. The molecule has 4 unspecified atom stereocenters. The molecule has 0 aromatic heterocycles. The summed E-state index contributed by atoms with van der Waals surface area (Å²) in [7, 11) is 0. The molecule has 0 bridgehead atoms. The molecule has 0 heterocycles. The summed E-state index contributed by atoms with van der Waals surface area (Å²) in [6.07, 6.45) is 11.4. The summed E-state index contributed by atoms with van der Waals surface area (Å²) in [4.78, 5) is 11.9. The number of rotatable bonds is 0. The SMILES string of the molecule is C/C=C1/[C@H](O)CC2C3CCC4=CC(=O)CC[C@]4(C)C3CCC12C. The van der Waals surface area contributed by atoms with E-state index in [1.54, 1.807) is 0 Å². The first kappa shape index (κ1) is 15.6. The van der Waals surface area contributed by atoms with Gasteiger partial charge >= 0.3 is 0 Å². The number of hydrogen-bond donors (Lipinski definition) is 1. The van der Waals surface area contributed by atoms with Gasteiger partial charge in [-0.25, -0.2) is 0 Å². The fourth-order valence-corrected chi connectivity index (χ4v) is 6.94. The van der Waals surface area contributed by atoms with Crippen LogP contribution in [0.1, 0.15) is 65.7 Å². The minimum atomic E-state index is -0.230. The molecule has 3 fully saturated rings. The van der Waals surface area contributed by atoms with Crippen LogP contribution in [0.5, 0.6) is 0 Å². The van der Waals surface area contributed by atoms with Crippen molar-refractivity contribution in [1.82, 2.24) is 0 Å². The summed E-state index contributed by atoms with van der Waals surface area (Å²) in [5.74, 6) is 2.39. The van der Waals surface area contributed by atoms with Crippen LogP contribution < -0.4 is 0 Å². The first-order chi connectivity index (χ1) is 10.9. The van der Waals surface area contributed by atoms with Crippen molar-refractivity contribution >= 4 is 5.78 Å². The molecule has 126 valence electrons. The maximum Gasteiger partial charge on any atom is 0.155 e. The van der Waals surface area contributed by atoms with E-state index in [0.717, 1.165) is 31.6 Å². The van der Waals surface area contributed by atoms with Gasteiger partial charge in [0.1, 0.15) is 0 Å². The van der Waals surface area contributed by atoms with E-state index in [0.29, 0.717) is 17.6 Å². The molecular weight excluding hydrogens is 284 g/mol. The minimum absolute atomic E-state index is 0.206. The highest BCUT2D eigenvalue weighted by molar-refractivity contribution is 5.91. The van der Waals surface area contributed by atoms with Crippen LogP contribution in [0.2, 0.25) is 0 Å². The van der Waals surface area contributed by atoms with Gasteiger partial charge in [0.2, 0.25) is 0 Å². The molecule has 2 heteroatoms. The monoisotopic (exact) mass is 314 g/mol. The molecule has 2 nitrogen and oxygen atoms in total. The summed E-state index contributed by atoms with van der Waals surface area (Å²) in [5, 5.41) is 10.6. The molecule has 3 saturated carbocycles. The lowest BCUT2D eigenvalue weighted by molar-refractivity contribution is -0.117. The van der Waals surface area contributed by atoms with Crippen LogP contribution in [-0.4, -0.2) is 17.0 Å². The van der Waals surface area contributed by atoms with E-state index < -0.39 is 0 Å². The van der Waals surface area contributed by atoms with Crippen LogP contribution in [0.4, 0.5) is 0 Å². The standard InChI is InChI=1S/C21H30O2/c1-4-16-19(23)12-18-15-6-5-13-11-14(22)7-9-20(13,2)17(15)8-10-21(16,18)3/h4,11,15,17-19,23H,5-10,12H2,1-3H3/b16-4-/t15?,17?,18?,19-,20+,21?/m1/s1. The van der Waals surface area contributed by atoms with Gasteiger partial charge in [-0.15, -0.1) is 0 Å². The van der Waals surface area contributed by atoms with Gasteiger partial charge in [0.25, 0.3) is 0 Å². The van der Waals surface area contributed by atoms with Gasteiger partial charge in [-0.3, -0.25) is 4.79 Å². The van der Waals surface area contributed by atoms with E-state index in [4.69, 9.17) is 0 Å². The zero-order valence-electron chi connectivity index (χ0n) is 14.8. The lowest BCUT2D eigenvalue weighted by Gasteiger charge is -2.57. The number of ketones is 1. The van der Waals surface area contributed by atoms with E-state index in [1.807, 2.05) is 6.08 Å². The topological polar surface area (TPSA) is 37.3 Å². The summed E-state index contributed by atoms with van der Waals surface area (Å²) in [6, 6.07) is 0. The molecule has 1 N–H and O–H groups in total. The maximum absolute atomic E-state index is 11.9. The Kier molecular flexibility index (Phi) is 3.43. The van der Waals surface area contributed by atoms with Gasteiger partial charge in [-0.2, -0.15) is 0 Å². The van der Waals surface area contributed by atoms with Gasteiger partial charge in [0.05, 0.1) is 6.10 Å². The van der Waals surface area contributed by atoms with Crippen LogP contribution in [0, 0.1) is 28.6 Å². The lowest BCUT2D eigenvalue weighted by Crippen LogP contribution is -2.49. The third-order valence-corrected chi connectivity index (χ3v) is 8.16. The number of carbonyl (C=O) groups is 1. The second-order valence-electron chi connectivity index (χ2n) is 8.92. The van der Waals surface area contributed by atoms with Gasteiger partial charge in [-0.05, 0) is 85.7 Å². The Bertz CT molecular complexity index is 601. The summed E-state index contributed by atoms with van der Waals surface area (Å²) in [6.45, 7) is 6.91. The molecule has 0 aliphatic heterocycles. The zero-order chi connectivity index (χ0) is 16.4. The predicted octanol–water partition coefficient (Wildman–Crippen LogP) is 4.44. The predicted molar refractivity (Wildman–Crippen MR) is 91.9 cm³/mol. The van der Waals surface area contributed by atoms with Crippen LogP contribution in [0.3, 0.4) is 0 Å². The average molecular weight is 314 g/mol. The number of carbonyl (C=O) groups excluding carboxylic acids is 1. The van der Waals surface area contributed by atoms with Crippen molar-refractivity contribution < 1.29 is 9.90 Å². The molecule has 0 aromatic rings. The molecule has 0 amide bonds. The first-order valence-electron chi connectivity index (χ1n) is 9.49. The van der Waals surface area contributed by atoms with E-state index in [9.17, 15) is 9.90 Å². The molecule has 0 radical (unpaired) electrons. The Hall–Kier alpha value is -0.890. The van der Waals surface area contributed by atoms with Crippen LogP contribution in [-0.2, 0) is 4.79 Å². The van der Waals surface area contributed by atoms with Crippen molar-refractivity contribution in [2.45, 2.75) is 71.8 Å². The average Bonchev–Trinajstić information content (AvgIpc) is 2.77. The van der Waals surface area contributed by atoms with E-state index in [1.165, 1.54) is 30.4 Å². The fraction of sp³-hybridized carbons (Fsp3) is 0.762. The van der Waals surface area contributed by atoms with E-state index in [2.05, 4.69) is 26.8 Å². The number of aliphatic hydroxyl groups excluding tert-OH is 1. The maximum atomic E-state index is 11.9. The van der Waals surface area contributed by atoms with Crippen molar-refractivity contribution in [2.75, 3.05) is 0 Å². The zero-order valence-corrected chi connectivity index (χ0v) is 14.8. The smallest absolute Gasteiger partial charge is 0.155 e. The van der Waals surface area contributed by atoms with Crippen molar-refractivity contribution in [3.8, 4) is 0 Å². The Morgan fingerprint density at radius 1 is 1.13 bits per heavy atom. The first-order valence-corrected chi connectivity index (χ1v) is 9.49. The second kappa shape index (κ2) is 5.05. The molecule has 0 aromatic carbocycles. The third kappa shape index (κ3) is 2.00.